The molecular weight excluding hydrogens is 235 g/mol. The Morgan fingerprint density at radius 1 is 1.56 bits per heavy atom. The molecule has 18 heavy (non-hydrogen) atoms. The van der Waals surface area contributed by atoms with Crippen LogP contribution < -0.4 is 15.8 Å². The van der Waals surface area contributed by atoms with E-state index in [4.69, 9.17) is 10.5 Å². The second-order valence-electron chi connectivity index (χ2n) is 4.14. The third-order valence-corrected chi connectivity index (χ3v) is 2.34. The standard InChI is InChI=1S/C13H19FN2O2/c1-3-18-12-8-10(14)5-6-11(12)16-13(17)7-4-9(2)15/h5-6,8-9H,3-4,7,15H2,1-2H3,(H,16,17). The highest BCUT2D eigenvalue weighted by Crippen LogP contribution is 2.25. The molecule has 0 saturated heterocycles. The number of halogens is 1. The zero-order chi connectivity index (χ0) is 13.5. The van der Waals surface area contributed by atoms with Crippen molar-refractivity contribution in [2.24, 2.45) is 5.73 Å². The lowest BCUT2D eigenvalue weighted by Gasteiger charge is -2.12. The molecule has 0 aliphatic carbocycles. The lowest BCUT2D eigenvalue weighted by atomic mass is 10.2. The molecule has 1 rings (SSSR count). The molecule has 3 N–H and O–H groups in total. The fraction of sp³-hybridized carbons (Fsp3) is 0.462. The summed E-state index contributed by atoms with van der Waals surface area (Å²) in [6.45, 7) is 4.05. The molecule has 0 radical (unpaired) electrons. The molecule has 100 valence electrons. The van der Waals surface area contributed by atoms with Crippen molar-refractivity contribution in [2.75, 3.05) is 11.9 Å². The van der Waals surface area contributed by atoms with Crippen molar-refractivity contribution >= 4 is 11.6 Å². The lowest BCUT2D eigenvalue weighted by Crippen LogP contribution is -2.19. The summed E-state index contributed by atoms with van der Waals surface area (Å²) in [6, 6.07) is 4.01. The summed E-state index contributed by atoms with van der Waals surface area (Å²) in [5, 5.41) is 2.69. The SMILES string of the molecule is CCOc1cc(F)ccc1NC(=O)CCC(C)N. The van der Waals surface area contributed by atoms with Crippen LogP contribution >= 0.6 is 0 Å². The zero-order valence-electron chi connectivity index (χ0n) is 10.7. The van der Waals surface area contributed by atoms with E-state index in [1.54, 1.807) is 6.92 Å². The molecule has 0 bridgehead atoms. The first-order valence-electron chi connectivity index (χ1n) is 6.00. The van der Waals surface area contributed by atoms with Gasteiger partial charge in [0.05, 0.1) is 12.3 Å². The van der Waals surface area contributed by atoms with Crippen molar-refractivity contribution in [3.63, 3.8) is 0 Å². The van der Waals surface area contributed by atoms with Crippen molar-refractivity contribution in [1.82, 2.24) is 0 Å². The Hall–Kier alpha value is -1.62. The van der Waals surface area contributed by atoms with E-state index < -0.39 is 5.82 Å². The third kappa shape index (κ3) is 4.71. The van der Waals surface area contributed by atoms with E-state index in [1.165, 1.54) is 18.2 Å². The Morgan fingerprint density at radius 3 is 2.89 bits per heavy atom. The molecular formula is C13H19FN2O2. The van der Waals surface area contributed by atoms with Crippen LogP contribution in [0.15, 0.2) is 18.2 Å². The first-order chi connectivity index (χ1) is 8.52. The van der Waals surface area contributed by atoms with Gasteiger partial charge in [-0.2, -0.15) is 0 Å². The highest BCUT2D eigenvalue weighted by atomic mass is 19.1. The first kappa shape index (κ1) is 14.4. The largest absolute Gasteiger partial charge is 0.492 e. The Labute approximate surface area is 106 Å². The number of ether oxygens (including phenoxy) is 1. The summed E-state index contributed by atoms with van der Waals surface area (Å²) in [4.78, 5) is 11.6. The van der Waals surface area contributed by atoms with Gasteiger partial charge in [0.1, 0.15) is 11.6 Å². The van der Waals surface area contributed by atoms with E-state index in [2.05, 4.69) is 5.32 Å². The van der Waals surface area contributed by atoms with Crippen molar-refractivity contribution in [3.05, 3.63) is 24.0 Å². The maximum absolute atomic E-state index is 13.1. The van der Waals surface area contributed by atoms with Crippen LogP contribution in [0.1, 0.15) is 26.7 Å². The van der Waals surface area contributed by atoms with E-state index >= 15 is 0 Å². The van der Waals surface area contributed by atoms with Crippen LogP contribution in [-0.2, 0) is 4.79 Å². The van der Waals surface area contributed by atoms with Crippen molar-refractivity contribution in [3.8, 4) is 5.75 Å². The summed E-state index contributed by atoms with van der Waals surface area (Å²) in [7, 11) is 0. The molecule has 1 atom stereocenters. The molecule has 0 aliphatic heterocycles. The average Bonchev–Trinajstić information content (AvgIpc) is 2.30. The highest BCUT2D eigenvalue weighted by molar-refractivity contribution is 5.92. The molecule has 1 unspecified atom stereocenters. The number of carbonyl (C=O) groups is 1. The van der Waals surface area contributed by atoms with Crippen LogP contribution in [-0.4, -0.2) is 18.6 Å². The Morgan fingerprint density at radius 2 is 2.28 bits per heavy atom. The summed E-state index contributed by atoms with van der Waals surface area (Å²) >= 11 is 0. The van der Waals surface area contributed by atoms with E-state index in [0.29, 0.717) is 30.9 Å². The Balaban J connectivity index is 2.68. The summed E-state index contributed by atoms with van der Waals surface area (Å²) in [5.41, 5.74) is 6.06. The number of rotatable bonds is 6. The molecule has 4 nitrogen and oxygen atoms in total. The van der Waals surface area contributed by atoms with Gasteiger partial charge in [-0.05, 0) is 32.4 Å². The minimum absolute atomic E-state index is 0.0182. The van der Waals surface area contributed by atoms with E-state index in [0.717, 1.165) is 0 Å². The lowest BCUT2D eigenvalue weighted by molar-refractivity contribution is -0.116. The van der Waals surface area contributed by atoms with E-state index in [9.17, 15) is 9.18 Å². The Kier molecular flexibility index (Phi) is 5.58. The van der Waals surface area contributed by atoms with Gasteiger partial charge in [-0.1, -0.05) is 0 Å². The van der Waals surface area contributed by atoms with Gasteiger partial charge in [-0.3, -0.25) is 4.79 Å². The number of amides is 1. The maximum atomic E-state index is 13.1. The number of carbonyl (C=O) groups excluding carboxylic acids is 1. The second-order valence-corrected chi connectivity index (χ2v) is 4.14. The van der Waals surface area contributed by atoms with Gasteiger partial charge in [0.25, 0.3) is 0 Å². The molecule has 1 aromatic rings. The normalized spacial score (nSPS) is 12.0. The van der Waals surface area contributed by atoms with Gasteiger partial charge in [-0.15, -0.1) is 0 Å². The number of nitrogens with one attached hydrogen (secondary N) is 1. The molecule has 0 spiro atoms. The Bertz CT molecular complexity index is 408. The van der Waals surface area contributed by atoms with Crippen LogP contribution in [0.25, 0.3) is 0 Å². The van der Waals surface area contributed by atoms with Crippen molar-refractivity contribution in [1.29, 1.82) is 0 Å². The fourth-order valence-electron chi connectivity index (χ4n) is 1.45. The van der Waals surface area contributed by atoms with Gasteiger partial charge in [-0.25, -0.2) is 4.39 Å². The van der Waals surface area contributed by atoms with E-state index in [1.807, 2.05) is 6.92 Å². The van der Waals surface area contributed by atoms with Gasteiger partial charge < -0.3 is 15.8 Å². The molecule has 0 aliphatic rings. The quantitative estimate of drug-likeness (QED) is 0.818. The number of hydrogen-bond acceptors (Lipinski definition) is 3. The third-order valence-electron chi connectivity index (χ3n) is 2.34. The molecule has 0 aromatic heterocycles. The predicted molar refractivity (Wildman–Crippen MR) is 69.1 cm³/mol. The first-order valence-corrected chi connectivity index (χ1v) is 6.00. The van der Waals surface area contributed by atoms with E-state index in [-0.39, 0.29) is 11.9 Å². The monoisotopic (exact) mass is 254 g/mol. The number of anilines is 1. The molecule has 0 fully saturated rings. The second kappa shape index (κ2) is 6.96. The van der Waals surface area contributed by atoms with Crippen LogP contribution in [0.4, 0.5) is 10.1 Å². The smallest absolute Gasteiger partial charge is 0.224 e. The summed E-state index contributed by atoms with van der Waals surface area (Å²) in [5.74, 6) is -0.210. The molecule has 1 aromatic carbocycles. The average molecular weight is 254 g/mol. The molecule has 0 heterocycles. The predicted octanol–water partition coefficient (Wildman–Crippen LogP) is 2.29. The van der Waals surface area contributed by atoms with Crippen LogP contribution in [0, 0.1) is 5.82 Å². The molecule has 5 heteroatoms. The number of benzene rings is 1. The van der Waals surface area contributed by atoms with Gasteiger partial charge in [0.2, 0.25) is 5.91 Å². The minimum atomic E-state index is -0.396. The zero-order valence-corrected chi connectivity index (χ0v) is 10.7. The number of hydrogen-bond donors (Lipinski definition) is 2. The topological polar surface area (TPSA) is 64.3 Å². The highest BCUT2D eigenvalue weighted by Gasteiger charge is 2.09. The van der Waals surface area contributed by atoms with Crippen molar-refractivity contribution in [2.45, 2.75) is 32.7 Å². The number of nitrogens with two attached hydrogens (primary N) is 1. The summed E-state index contributed by atoms with van der Waals surface area (Å²) in [6.07, 6.45) is 0.942. The summed E-state index contributed by atoms with van der Waals surface area (Å²) < 4.78 is 18.3. The van der Waals surface area contributed by atoms with Gasteiger partial charge in [0, 0.05) is 18.5 Å². The molecule has 0 saturated carbocycles. The van der Waals surface area contributed by atoms with Crippen LogP contribution in [0.5, 0.6) is 5.75 Å². The van der Waals surface area contributed by atoms with Gasteiger partial charge >= 0.3 is 0 Å². The minimum Gasteiger partial charge on any atom is -0.492 e. The van der Waals surface area contributed by atoms with Crippen LogP contribution in [0.2, 0.25) is 0 Å². The van der Waals surface area contributed by atoms with Crippen LogP contribution in [0.3, 0.4) is 0 Å². The fourth-order valence-corrected chi connectivity index (χ4v) is 1.45. The van der Waals surface area contributed by atoms with Crippen molar-refractivity contribution < 1.29 is 13.9 Å². The molecule has 1 amide bonds. The maximum Gasteiger partial charge on any atom is 0.224 e. The van der Waals surface area contributed by atoms with Gasteiger partial charge in [0.15, 0.2) is 0 Å².